The standard InChI is InChI=1S/C19H26N2O4/c1-13(2)14-5-7-15(8-6-14)16-11-21-18(25-16)10-9-17(22)20-12-19(23-3)24-4/h5-8,11,13,19H,9-10,12H2,1-4H3,(H,20,22). The number of aryl methyl sites for hydroxylation is 1. The molecule has 1 heterocycles. The molecule has 2 aromatic rings. The molecule has 0 fully saturated rings. The predicted molar refractivity (Wildman–Crippen MR) is 95.2 cm³/mol. The number of oxazole rings is 1. The first-order valence-corrected chi connectivity index (χ1v) is 8.40. The molecular weight excluding hydrogens is 320 g/mol. The van der Waals surface area contributed by atoms with Gasteiger partial charge in [-0.1, -0.05) is 38.1 Å². The lowest BCUT2D eigenvalue weighted by Crippen LogP contribution is -2.34. The highest BCUT2D eigenvalue weighted by Crippen LogP contribution is 2.23. The van der Waals surface area contributed by atoms with E-state index in [9.17, 15) is 4.79 Å². The third-order valence-electron chi connectivity index (χ3n) is 3.97. The number of methoxy groups -OCH3 is 2. The van der Waals surface area contributed by atoms with E-state index in [1.165, 1.54) is 19.8 Å². The zero-order chi connectivity index (χ0) is 18.2. The molecule has 0 unspecified atom stereocenters. The lowest BCUT2D eigenvalue weighted by atomic mass is 10.0. The van der Waals surface area contributed by atoms with E-state index in [4.69, 9.17) is 13.9 Å². The van der Waals surface area contributed by atoms with Gasteiger partial charge in [0.15, 0.2) is 17.9 Å². The zero-order valence-corrected chi connectivity index (χ0v) is 15.2. The van der Waals surface area contributed by atoms with Gasteiger partial charge < -0.3 is 19.2 Å². The first kappa shape index (κ1) is 19.1. The summed E-state index contributed by atoms with van der Waals surface area (Å²) in [4.78, 5) is 16.1. The number of carbonyl (C=O) groups is 1. The third kappa shape index (κ3) is 5.69. The monoisotopic (exact) mass is 346 g/mol. The first-order chi connectivity index (χ1) is 12.0. The SMILES string of the molecule is COC(CNC(=O)CCc1ncc(-c2ccc(C(C)C)cc2)o1)OC. The Hall–Kier alpha value is -2.18. The fourth-order valence-electron chi connectivity index (χ4n) is 2.36. The molecule has 0 spiro atoms. The third-order valence-corrected chi connectivity index (χ3v) is 3.97. The van der Waals surface area contributed by atoms with Gasteiger partial charge in [0, 0.05) is 32.6 Å². The van der Waals surface area contributed by atoms with Crippen LogP contribution in [0, 0.1) is 0 Å². The number of carbonyl (C=O) groups excluding carboxylic acids is 1. The van der Waals surface area contributed by atoms with Gasteiger partial charge in [-0.25, -0.2) is 4.98 Å². The van der Waals surface area contributed by atoms with Crippen LogP contribution in [0.5, 0.6) is 0 Å². The number of amides is 1. The molecule has 1 amide bonds. The van der Waals surface area contributed by atoms with Gasteiger partial charge >= 0.3 is 0 Å². The lowest BCUT2D eigenvalue weighted by Gasteiger charge is -2.13. The van der Waals surface area contributed by atoms with Crippen LogP contribution in [-0.2, 0) is 20.7 Å². The van der Waals surface area contributed by atoms with Crippen molar-refractivity contribution in [3.8, 4) is 11.3 Å². The van der Waals surface area contributed by atoms with Crippen LogP contribution >= 0.6 is 0 Å². The van der Waals surface area contributed by atoms with E-state index < -0.39 is 6.29 Å². The molecule has 0 saturated carbocycles. The smallest absolute Gasteiger partial charge is 0.220 e. The van der Waals surface area contributed by atoms with Gasteiger partial charge in [0.25, 0.3) is 0 Å². The van der Waals surface area contributed by atoms with Gasteiger partial charge in [0.05, 0.1) is 12.7 Å². The maximum atomic E-state index is 11.8. The van der Waals surface area contributed by atoms with Gasteiger partial charge in [-0.05, 0) is 11.5 Å². The summed E-state index contributed by atoms with van der Waals surface area (Å²) in [6.45, 7) is 4.63. The highest BCUT2D eigenvalue weighted by molar-refractivity contribution is 5.76. The summed E-state index contributed by atoms with van der Waals surface area (Å²) in [5, 5.41) is 2.75. The molecule has 2 rings (SSSR count). The molecule has 1 aromatic heterocycles. The maximum absolute atomic E-state index is 11.8. The van der Waals surface area contributed by atoms with Gasteiger partial charge in [-0.2, -0.15) is 0 Å². The minimum absolute atomic E-state index is 0.0971. The minimum Gasteiger partial charge on any atom is -0.441 e. The van der Waals surface area contributed by atoms with Crippen LogP contribution in [0.2, 0.25) is 0 Å². The maximum Gasteiger partial charge on any atom is 0.220 e. The van der Waals surface area contributed by atoms with Gasteiger partial charge in [-0.15, -0.1) is 0 Å². The van der Waals surface area contributed by atoms with Crippen molar-refractivity contribution >= 4 is 5.91 Å². The number of nitrogens with one attached hydrogen (secondary N) is 1. The van der Waals surface area contributed by atoms with Crippen LogP contribution in [0.1, 0.15) is 37.6 Å². The Balaban J connectivity index is 1.86. The van der Waals surface area contributed by atoms with Crippen LogP contribution in [0.3, 0.4) is 0 Å². The topological polar surface area (TPSA) is 73.6 Å². The van der Waals surface area contributed by atoms with Crippen molar-refractivity contribution in [3.63, 3.8) is 0 Å². The molecule has 0 aliphatic carbocycles. The van der Waals surface area contributed by atoms with Crippen LogP contribution in [-0.4, -0.2) is 37.9 Å². The van der Waals surface area contributed by atoms with Crippen molar-refractivity contribution in [1.29, 1.82) is 0 Å². The van der Waals surface area contributed by atoms with E-state index in [2.05, 4.69) is 36.3 Å². The molecule has 0 aliphatic heterocycles. The summed E-state index contributed by atoms with van der Waals surface area (Å²) in [6.07, 6.45) is 2.00. The van der Waals surface area contributed by atoms with E-state index in [0.29, 0.717) is 37.0 Å². The Morgan fingerprint density at radius 3 is 2.48 bits per heavy atom. The molecule has 6 nitrogen and oxygen atoms in total. The molecule has 0 aliphatic rings. The van der Waals surface area contributed by atoms with Crippen molar-refractivity contribution in [3.05, 3.63) is 41.9 Å². The highest BCUT2D eigenvalue weighted by Gasteiger charge is 2.11. The summed E-state index contributed by atoms with van der Waals surface area (Å²) in [5.74, 6) is 1.66. The summed E-state index contributed by atoms with van der Waals surface area (Å²) in [5.41, 5.74) is 2.27. The van der Waals surface area contributed by atoms with Crippen LogP contribution < -0.4 is 5.32 Å². The number of hydrogen-bond acceptors (Lipinski definition) is 5. The fourth-order valence-corrected chi connectivity index (χ4v) is 2.36. The second kappa shape index (κ2) is 9.34. The van der Waals surface area contributed by atoms with Crippen LogP contribution in [0.25, 0.3) is 11.3 Å². The Kier molecular flexibility index (Phi) is 7.16. The Morgan fingerprint density at radius 1 is 1.20 bits per heavy atom. The number of hydrogen-bond donors (Lipinski definition) is 1. The number of ether oxygens (including phenoxy) is 2. The zero-order valence-electron chi connectivity index (χ0n) is 15.2. The number of rotatable bonds is 9. The molecule has 0 atom stereocenters. The van der Waals surface area contributed by atoms with Gasteiger partial charge in [0.1, 0.15) is 0 Å². The molecule has 136 valence electrons. The van der Waals surface area contributed by atoms with E-state index in [-0.39, 0.29) is 5.91 Å². The molecule has 0 radical (unpaired) electrons. The lowest BCUT2D eigenvalue weighted by molar-refractivity contribution is -0.127. The van der Waals surface area contributed by atoms with E-state index >= 15 is 0 Å². The molecule has 25 heavy (non-hydrogen) atoms. The highest BCUT2D eigenvalue weighted by atomic mass is 16.7. The molecule has 0 bridgehead atoms. The number of aromatic nitrogens is 1. The minimum atomic E-state index is -0.439. The van der Waals surface area contributed by atoms with E-state index in [1.807, 2.05) is 12.1 Å². The summed E-state index contributed by atoms with van der Waals surface area (Å²) in [7, 11) is 3.06. The molecular formula is C19H26N2O4. The van der Waals surface area contributed by atoms with Crippen molar-refractivity contribution in [1.82, 2.24) is 10.3 Å². The Labute approximate surface area is 148 Å². The molecule has 1 N–H and O–H groups in total. The van der Waals surface area contributed by atoms with Crippen molar-refractivity contribution in [2.24, 2.45) is 0 Å². The largest absolute Gasteiger partial charge is 0.441 e. The number of nitrogens with zero attached hydrogens (tertiary/aromatic N) is 1. The summed E-state index contributed by atoms with van der Waals surface area (Å²) >= 11 is 0. The van der Waals surface area contributed by atoms with E-state index in [1.54, 1.807) is 6.20 Å². The predicted octanol–water partition coefficient (Wildman–Crippen LogP) is 3.13. The van der Waals surface area contributed by atoms with E-state index in [0.717, 1.165) is 5.56 Å². The number of benzene rings is 1. The molecule has 1 aromatic carbocycles. The quantitative estimate of drug-likeness (QED) is 0.706. The summed E-state index contributed by atoms with van der Waals surface area (Å²) < 4.78 is 15.8. The Bertz CT molecular complexity index is 660. The first-order valence-electron chi connectivity index (χ1n) is 8.40. The van der Waals surface area contributed by atoms with Crippen molar-refractivity contribution in [2.45, 2.75) is 38.9 Å². The van der Waals surface area contributed by atoms with Crippen LogP contribution in [0.4, 0.5) is 0 Å². The second-order valence-electron chi connectivity index (χ2n) is 6.10. The average Bonchev–Trinajstić information content (AvgIpc) is 3.10. The van der Waals surface area contributed by atoms with Gasteiger partial charge in [0.2, 0.25) is 5.91 Å². The average molecular weight is 346 g/mol. The fraction of sp³-hybridized carbons (Fsp3) is 0.474. The summed E-state index contributed by atoms with van der Waals surface area (Å²) in [6, 6.07) is 8.25. The van der Waals surface area contributed by atoms with Crippen molar-refractivity contribution < 1.29 is 18.7 Å². The Morgan fingerprint density at radius 2 is 1.88 bits per heavy atom. The normalized spacial score (nSPS) is 11.3. The van der Waals surface area contributed by atoms with Crippen LogP contribution in [0.15, 0.2) is 34.9 Å². The molecule has 6 heteroatoms. The second-order valence-corrected chi connectivity index (χ2v) is 6.10. The molecule has 0 saturated heterocycles. The van der Waals surface area contributed by atoms with Crippen molar-refractivity contribution in [2.75, 3.05) is 20.8 Å². The van der Waals surface area contributed by atoms with Gasteiger partial charge in [-0.3, -0.25) is 4.79 Å².